The van der Waals surface area contributed by atoms with Crippen LogP contribution in [-0.2, 0) is 4.74 Å². The summed E-state index contributed by atoms with van der Waals surface area (Å²) in [5.41, 5.74) is 7.63. The molecule has 0 radical (unpaired) electrons. The highest BCUT2D eigenvalue weighted by Crippen LogP contribution is 2.30. The summed E-state index contributed by atoms with van der Waals surface area (Å²) in [5, 5.41) is 2.80. The molecule has 0 bridgehead atoms. The zero-order chi connectivity index (χ0) is 13.8. The molecule has 1 aromatic carbocycles. The van der Waals surface area contributed by atoms with Gasteiger partial charge in [-0.1, -0.05) is 0 Å². The molecule has 0 aliphatic carbocycles. The molecule has 6 nitrogen and oxygen atoms in total. The minimum atomic E-state index is -0.398. The van der Waals surface area contributed by atoms with Crippen molar-refractivity contribution >= 4 is 17.5 Å². The Morgan fingerprint density at radius 1 is 1.47 bits per heavy atom. The third kappa shape index (κ3) is 3.01. The van der Waals surface area contributed by atoms with Crippen LogP contribution in [0.4, 0.5) is 16.2 Å². The summed E-state index contributed by atoms with van der Waals surface area (Å²) in [4.78, 5) is 13.3. The molecule has 1 aliphatic heterocycles. The van der Waals surface area contributed by atoms with Crippen molar-refractivity contribution in [2.45, 2.75) is 12.5 Å². The first-order valence-electron chi connectivity index (χ1n) is 6.17. The number of nitrogens with two attached hydrogens (primary N) is 1. The highest BCUT2D eigenvalue weighted by molar-refractivity contribution is 5.71. The van der Waals surface area contributed by atoms with Gasteiger partial charge in [-0.05, 0) is 18.6 Å². The van der Waals surface area contributed by atoms with Crippen LogP contribution in [0, 0.1) is 0 Å². The smallest absolute Gasteiger partial charge is 0.407 e. The number of rotatable bonds is 3. The van der Waals surface area contributed by atoms with Gasteiger partial charge in [-0.2, -0.15) is 0 Å². The van der Waals surface area contributed by atoms with Gasteiger partial charge in [0.25, 0.3) is 0 Å². The minimum absolute atomic E-state index is 0.0815. The lowest BCUT2D eigenvalue weighted by Crippen LogP contribution is -2.37. The van der Waals surface area contributed by atoms with Crippen LogP contribution in [0.5, 0.6) is 5.75 Å². The van der Waals surface area contributed by atoms with E-state index in [9.17, 15) is 4.79 Å². The van der Waals surface area contributed by atoms with Gasteiger partial charge < -0.3 is 25.4 Å². The Morgan fingerprint density at radius 3 is 2.95 bits per heavy atom. The van der Waals surface area contributed by atoms with Gasteiger partial charge in [0.1, 0.15) is 5.75 Å². The molecule has 1 heterocycles. The van der Waals surface area contributed by atoms with E-state index in [1.54, 1.807) is 7.11 Å². The van der Waals surface area contributed by atoms with Gasteiger partial charge in [0.2, 0.25) is 0 Å². The maximum atomic E-state index is 11.2. The number of carbonyl (C=O) groups is 1. The molecule has 1 atom stereocenters. The van der Waals surface area contributed by atoms with Crippen molar-refractivity contribution < 1.29 is 14.3 Å². The van der Waals surface area contributed by atoms with E-state index in [4.69, 9.17) is 10.5 Å². The predicted octanol–water partition coefficient (Wildman–Crippen LogP) is 1.21. The standard InChI is InChI=1S/C13H19N3O3/c1-18-10-3-4-11(14)12(7-10)16-6-5-9(8-16)15-13(17)19-2/h3-4,7,9H,5-6,8,14H2,1-2H3,(H,15,17). The lowest BCUT2D eigenvalue weighted by molar-refractivity contribution is 0.167. The Bertz CT molecular complexity index is 464. The summed E-state index contributed by atoms with van der Waals surface area (Å²) in [6.45, 7) is 1.55. The number of nitrogens with one attached hydrogen (secondary N) is 1. The average molecular weight is 265 g/mol. The second-order valence-electron chi connectivity index (χ2n) is 4.49. The van der Waals surface area contributed by atoms with Crippen LogP contribution in [0.2, 0.25) is 0 Å². The third-order valence-corrected chi connectivity index (χ3v) is 3.27. The molecule has 1 aromatic rings. The molecule has 0 aromatic heterocycles. The number of amides is 1. The Balaban J connectivity index is 2.06. The molecule has 1 saturated heterocycles. The van der Waals surface area contributed by atoms with Crippen molar-refractivity contribution in [1.29, 1.82) is 0 Å². The van der Waals surface area contributed by atoms with Crippen LogP contribution in [0.25, 0.3) is 0 Å². The van der Waals surface area contributed by atoms with Gasteiger partial charge >= 0.3 is 6.09 Å². The van der Waals surface area contributed by atoms with Crippen LogP contribution < -0.4 is 20.7 Å². The summed E-state index contributed by atoms with van der Waals surface area (Å²) in [6, 6.07) is 5.66. The molecule has 2 rings (SSSR count). The fraction of sp³-hybridized carbons (Fsp3) is 0.462. The van der Waals surface area contributed by atoms with E-state index in [-0.39, 0.29) is 6.04 Å². The number of nitrogens with zero attached hydrogens (tertiary/aromatic N) is 1. The number of anilines is 2. The van der Waals surface area contributed by atoms with E-state index in [0.29, 0.717) is 12.2 Å². The van der Waals surface area contributed by atoms with Crippen molar-refractivity contribution in [1.82, 2.24) is 5.32 Å². The highest BCUT2D eigenvalue weighted by Gasteiger charge is 2.25. The Morgan fingerprint density at radius 2 is 2.26 bits per heavy atom. The van der Waals surface area contributed by atoms with E-state index < -0.39 is 6.09 Å². The first kappa shape index (κ1) is 13.3. The summed E-state index contributed by atoms with van der Waals surface area (Å²) in [7, 11) is 2.99. The zero-order valence-corrected chi connectivity index (χ0v) is 11.2. The quantitative estimate of drug-likeness (QED) is 0.803. The van der Waals surface area contributed by atoms with Crippen molar-refractivity contribution in [3.8, 4) is 5.75 Å². The van der Waals surface area contributed by atoms with E-state index in [0.717, 1.165) is 24.4 Å². The second kappa shape index (κ2) is 5.69. The summed E-state index contributed by atoms with van der Waals surface area (Å²) in [6.07, 6.45) is 0.469. The van der Waals surface area contributed by atoms with E-state index in [1.165, 1.54) is 7.11 Å². The Labute approximate surface area is 112 Å². The number of alkyl carbamates (subject to hydrolysis) is 1. The van der Waals surface area contributed by atoms with Gasteiger partial charge in [-0.3, -0.25) is 0 Å². The molecular formula is C13H19N3O3. The maximum Gasteiger partial charge on any atom is 0.407 e. The third-order valence-electron chi connectivity index (χ3n) is 3.27. The molecule has 104 valence electrons. The first-order valence-corrected chi connectivity index (χ1v) is 6.17. The Kier molecular flexibility index (Phi) is 3.99. The zero-order valence-electron chi connectivity index (χ0n) is 11.2. The van der Waals surface area contributed by atoms with Crippen LogP contribution in [0.1, 0.15) is 6.42 Å². The Hall–Kier alpha value is -2.11. The van der Waals surface area contributed by atoms with Crippen molar-refractivity contribution in [3.05, 3.63) is 18.2 Å². The van der Waals surface area contributed by atoms with Crippen LogP contribution in [-0.4, -0.2) is 39.4 Å². The topological polar surface area (TPSA) is 76.8 Å². The van der Waals surface area contributed by atoms with Crippen LogP contribution >= 0.6 is 0 Å². The first-order chi connectivity index (χ1) is 9.13. The highest BCUT2D eigenvalue weighted by atomic mass is 16.5. The van der Waals surface area contributed by atoms with Crippen molar-refractivity contribution in [2.24, 2.45) is 0 Å². The van der Waals surface area contributed by atoms with Gasteiger partial charge in [0.05, 0.1) is 31.6 Å². The number of nitrogen functional groups attached to an aromatic ring is 1. The molecule has 1 unspecified atom stereocenters. The average Bonchev–Trinajstić information content (AvgIpc) is 2.87. The summed E-state index contributed by atoms with van der Waals surface area (Å²) >= 11 is 0. The molecule has 1 amide bonds. The molecule has 19 heavy (non-hydrogen) atoms. The number of ether oxygens (including phenoxy) is 2. The molecule has 1 aliphatic rings. The van der Waals surface area contributed by atoms with E-state index in [2.05, 4.69) is 15.0 Å². The second-order valence-corrected chi connectivity index (χ2v) is 4.49. The van der Waals surface area contributed by atoms with Crippen molar-refractivity contribution in [3.63, 3.8) is 0 Å². The van der Waals surface area contributed by atoms with Gasteiger partial charge in [0, 0.05) is 19.2 Å². The number of hydrogen-bond acceptors (Lipinski definition) is 5. The molecule has 1 fully saturated rings. The lowest BCUT2D eigenvalue weighted by atomic mass is 10.2. The summed E-state index contributed by atoms with van der Waals surface area (Å²) in [5.74, 6) is 0.772. The number of hydrogen-bond donors (Lipinski definition) is 2. The van der Waals surface area contributed by atoms with E-state index in [1.807, 2.05) is 18.2 Å². The number of carbonyl (C=O) groups excluding carboxylic acids is 1. The lowest BCUT2D eigenvalue weighted by Gasteiger charge is -2.21. The summed E-state index contributed by atoms with van der Waals surface area (Å²) < 4.78 is 9.81. The molecular weight excluding hydrogens is 246 g/mol. The number of benzene rings is 1. The molecule has 3 N–H and O–H groups in total. The molecule has 0 saturated carbocycles. The number of methoxy groups -OCH3 is 2. The SMILES string of the molecule is COC(=O)NC1CCN(c2cc(OC)ccc2N)C1. The van der Waals surface area contributed by atoms with Crippen molar-refractivity contribution in [2.75, 3.05) is 37.9 Å². The predicted molar refractivity (Wildman–Crippen MR) is 73.6 cm³/mol. The molecule has 0 spiro atoms. The normalized spacial score (nSPS) is 18.2. The fourth-order valence-electron chi connectivity index (χ4n) is 2.25. The van der Waals surface area contributed by atoms with Gasteiger partial charge in [-0.15, -0.1) is 0 Å². The largest absolute Gasteiger partial charge is 0.497 e. The van der Waals surface area contributed by atoms with Crippen LogP contribution in [0.3, 0.4) is 0 Å². The minimum Gasteiger partial charge on any atom is -0.497 e. The maximum absolute atomic E-state index is 11.2. The van der Waals surface area contributed by atoms with E-state index >= 15 is 0 Å². The van der Waals surface area contributed by atoms with Crippen LogP contribution in [0.15, 0.2) is 18.2 Å². The van der Waals surface area contributed by atoms with Gasteiger partial charge in [-0.25, -0.2) is 4.79 Å². The van der Waals surface area contributed by atoms with Gasteiger partial charge in [0.15, 0.2) is 0 Å². The monoisotopic (exact) mass is 265 g/mol. The fourth-order valence-corrected chi connectivity index (χ4v) is 2.25. The molecule has 6 heteroatoms.